The normalized spacial score (nSPS) is 12.5. The fraction of sp³-hybridized carbons (Fsp3) is 0.320. The molecule has 5 nitrogen and oxygen atoms in total. The second-order valence-corrected chi connectivity index (χ2v) is 9.85. The molecule has 1 heterocycles. The number of nitrogens with one attached hydrogen (secondary N) is 1. The van der Waals surface area contributed by atoms with Crippen LogP contribution in [0.25, 0.3) is 11.3 Å². The molecule has 3 aromatic rings. The van der Waals surface area contributed by atoms with Crippen LogP contribution in [0.1, 0.15) is 48.3 Å². The minimum absolute atomic E-state index is 0.0894. The van der Waals surface area contributed by atoms with Gasteiger partial charge in [-0.25, -0.2) is 0 Å². The van der Waals surface area contributed by atoms with Crippen molar-refractivity contribution in [2.24, 2.45) is 0 Å². The molecule has 1 aromatic heterocycles. The van der Waals surface area contributed by atoms with E-state index in [0.717, 1.165) is 30.2 Å². The third kappa shape index (κ3) is 5.70. The van der Waals surface area contributed by atoms with E-state index in [-0.39, 0.29) is 34.3 Å². The molecule has 2 aromatic carbocycles. The Balaban J connectivity index is 1.80. The van der Waals surface area contributed by atoms with E-state index in [0.29, 0.717) is 16.8 Å². The van der Waals surface area contributed by atoms with Crippen molar-refractivity contribution in [3.05, 3.63) is 59.3 Å². The number of nitrogens with two attached hydrogens (primary N) is 1. The molecule has 0 aliphatic heterocycles. The summed E-state index contributed by atoms with van der Waals surface area (Å²) in [7, 11) is -0.0894. The van der Waals surface area contributed by atoms with Crippen molar-refractivity contribution < 1.29 is 18.0 Å². The summed E-state index contributed by atoms with van der Waals surface area (Å²) >= 11 is 0. The summed E-state index contributed by atoms with van der Waals surface area (Å²) in [6.45, 7) is 6.10. The highest BCUT2D eigenvalue weighted by Crippen LogP contribution is 2.34. The van der Waals surface area contributed by atoms with Gasteiger partial charge in [0.15, 0.2) is 5.69 Å². The Hall–Kier alpha value is -3.07. The lowest BCUT2D eigenvalue weighted by atomic mass is 10.1. The van der Waals surface area contributed by atoms with Crippen molar-refractivity contribution in [2.45, 2.75) is 51.2 Å². The summed E-state index contributed by atoms with van der Waals surface area (Å²) in [5, 5.41) is 6.49. The number of alkyl halides is 3. The Labute approximate surface area is 200 Å². The first-order valence-corrected chi connectivity index (χ1v) is 12.6. The number of benzene rings is 2. The molecule has 3 rings (SSSR count). The first kappa shape index (κ1) is 25.6. The van der Waals surface area contributed by atoms with Crippen molar-refractivity contribution in [1.29, 1.82) is 0 Å². The molecule has 0 spiro atoms. The van der Waals surface area contributed by atoms with Crippen molar-refractivity contribution in [3.8, 4) is 11.3 Å². The van der Waals surface area contributed by atoms with Gasteiger partial charge >= 0.3 is 6.18 Å². The maximum Gasteiger partial charge on any atom is 0.435 e. The third-order valence-electron chi connectivity index (χ3n) is 5.45. The minimum atomic E-state index is -4.55. The fourth-order valence-electron chi connectivity index (χ4n) is 3.63. The minimum Gasteiger partial charge on any atom is -0.398 e. The highest BCUT2D eigenvalue weighted by atomic mass is 32.2. The van der Waals surface area contributed by atoms with E-state index in [1.165, 1.54) is 15.6 Å². The number of unbranched alkanes of at least 4 members (excludes halogenated alkanes) is 1. The lowest BCUT2D eigenvalue weighted by Crippen LogP contribution is -2.13. The van der Waals surface area contributed by atoms with Gasteiger partial charge in [-0.2, -0.15) is 28.8 Å². The molecule has 1 amide bonds. The van der Waals surface area contributed by atoms with Crippen LogP contribution in [0.2, 0.25) is 0 Å². The van der Waals surface area contributed by atoms with Gasteiger partial charge in [0.1, 0.15) is 0 Å². The molecular formula is C25H29F3N4OS. The molecule has 0 saturated heterocycles. The van der Waals surface area contributed by atoms with E-state index in [1.807, 2.05) is 25.1 Å². The van der Waals surface area contributed by atoms with Crippen LogP contribution >= 0.6 is 10.5 Å². The Bertz CT molecular complexity index is 1220. The molecule has 0 saturated carbocycles. The highest BCUT2D eigenvalue weighted by molar-refractivity contribution is 8.14. The number of amides is 1. The Morgan fingerprint density at radius 1 is 1.18 bits per heavy atom. The van der Waals surface area contributed by atoms with Crippen LogP contribution in [0, 0.1) is 6.92 Å². The summed E-state index contributed by atoms with van der Waals surface area (Å²) in [4.78, 5) is 14.0. The molecule has 1 atom stereocenters. The number of aromatic nitrogens is 2. The van der Waals surface area contributed by atoms with Crippen molar-refractivity contribution in [2.75, 3.05) is 16.8 Å². The molecule has 0 bridgehead atoms. The smallest absolute Gasteiger partial charge is 0.398 e. The molecule has 1 unspecified atom stereocenters. The van der Waals surface area contributed by atoms with Gasteiger partial charge in [-0.1, -0.05) is 19.2 Å². The zero-order valence-electron chi connectivity index (χ0n) is 19.5. The van der Waals surface area contributed by atoms with E-state index in [2.05, 4.69) is 23.2 Å². The maximum atomic E-state index is 13.1. The van der Waals surface area contributed by atoms with E-state index in [9.17, 15) is 18.0 Å². The lowest BCUT2D eigenvalue weighted by Gasteiger charge is -2.13. The molecule has 34 heavy (non-hydrogen) atoms. The van der Waals surface area contributed by atoms with Gasteiger partial charge in [0.05, 0.1) is 5.69 Å². The zero-order valence-corrected chi connectivity index (χ0v) is 20.3. The summed E-state index contributed by atoms with van der Waals surface area (Å²) in [5.74, 6) is 4.95. The van der Waals surface area contributed by atoms with Gasteiger partial charge in [0.25, 0.3) is 5.91 Å². The SMILES string of the molecule is C=S(CCCC)c1ccc(NC(=O)c2ccc(-c3cc(C(F)(F)F)nn3CC)c(N)c2)cc1C. The van der Waals surface area contributed by atoms with E-state index in [1.54, 1.807) is 19.1 Å². The Morgan fingerprint density at radius 2 is 1.91 bits per heavy atom. The molecule has 9 heteroatoms. The molecule has 0 fully saturated rings. The molecule has 0 aliphatic carbocycles. The van der Waals surface area contributed by atoms with Crippen LogP contribution in [-0.2, 0) is 12.7 Å². The molecule has 3 N–H and O–H groups in total. The van der Waals surface area contributed by atoms with Gasteiger partial charge in [-0.05, 0) is 74.0 Å². The zero-order chi connectivity index (χ0) is 25.0. The van der Waals surface area contributed by atoms with Gasteiger partial charge in [0, 0.05) is 33.9 Å². The first-order valence-electron chi connectivity index (χ1n) is 11.0. The fourth-order valence-corrected chi connectivity index (χ4v) is 5.27. The highest BCUT2D eigenvalue weighted by Gasteiger charge is 2.35. The van der Waals surface area contributed by atoms with Crippen molar-refractivity contribution in [1.82, 2.24) is 9.78 Å². The lowest BCUT2D eigenvalue weighted by molar-refractivity contribution is -0.141. The second kappa shape index (κ2) is 10.5. The number of carbonyl (C=O) groups excluding carboxylic acids is 1. The average Bonchev–Trinajstić information content (AvgIpc) is 3.22. The predicted octanol–water partition coefficient (Wildman–Crippen LogP) is 6.59. The topological polar surface area (TPSA) is 72.9 Å². The van der Waals surface area contributed by atoms with Crippen LogP contribution in [0.3, 0.4) is 0 Å². The number of carbonyl (C=O) groups is 1. The number of nitrogens with zero attached hydrogens (tertiary/aromatic N) is 2. The molecule has 182 valence electrons. The number of nitrogen functional groups attached to an aromatic ring is 1. The third-order valence-corrected chi connectivity index (χ3v) is 7.31. The number of aryl methyl sites for hydroxylation is 2. The van der Waals surface area contributed by atoms with Crippen molar-refractivity contribution in [3.63, 3.8) is 0 Å². The van der Waals surface area contributed by atoms with Crippen molar-refractivity contribution >= 4 is 33.6 Å². The van der Waals surface area contributed by atoms with Gasteiger partial charge in [-0.3, -0.25) is 9.48 Å². The number of hydrogen-bond acceptors (Lipinski definition) is 3. The molecular weight excluding hydrogens is 461 g/mol. The van der Waals surface area contributed by atoms with Crippen LogP contribution in [-0.4, -0.2) is 27.3 Å². The maximum absolute atomic E-state index is 13.1. The molecule has 0 aliphatic rings. The number of hydrogen-bond donors (Lipinski definition) is 2. The average molecular weight is 491 g/mol. The van der Waals surface area contributed by atoms with E-state index >= 15 is 0 Å². The van der Waals surface area contributed by atoms with Crippen LogP contribution < -0.4 is 11.1 Å². The molecule has 0 radical (unpaired) electrons. The summed E-state index contributed by atoms with van der Waals surface area (Å²) in [5.41, 5.74) is 8.00. The van der Waals surface area contributed by atoms with Crippen LogP contribution in [0.15, 0.2) is 47.4 Å². The standard InChI is InChI=1S/C25H29F3N4OS/c1-5-7-12-34(4)22-11-9-18(13-16(22)3)30-24(33)17-8-10-19(20(29)14-17)21-15-23(25(26,27)28)31-32(21)6-2/h8-11,13-15H,4-7,12,29H2,1-3H3,(H,30,33). The largest absolute Gasteiger partial charge is 0.435 e. The summed E-state index contributed by atoms with van der Waals surface area (Å²) in [6, 6.07) is 11.3. The monoisotopic (exact) mass is 490 g/mol. The van der Waals surface area contributed by atoms with Gasteiger partial charge in [0.2, 0.25) is 0 Å². The quantitative estimate of drug-likeness (QED) is 0.276. The van der Waals surface area contributed by atoms with Gasteiger partial charge in [-0.15, -0.1) is 0 Å². The summed E-state index contributed by atoms with van der Waals surface area (Å²) in [6.07, 6.45) is -2.31. The Kier molecular flexibility index (Phi) is 7.86. The van der Waals surface area contributed by atoms with E-state index < -0.39 is 11.9 Å². The predicted molar refractivity (Wildman–Crippen MR) is 135 cm³/mol. The summed E-state index contributed by atoms with van der Waals surface area (Å²) < 4.78 is 40.5. The second-order valence-electron chi connectivity index (χ2n) is 8.02. The van der Waals surface area contributed by atoms with Crippen LogP contribution in [0.5, 0.6) is 0 Å². The van der Waals surface area contributed by atoms with Crippen LogP contribution in [0.4, 0.5) is 24.5 Å². The van der Waals surface area contributed by atoms with Gasteiger partial charge < -0.3 is 11.1 Å². The number of anilines is 2. The Morgan fingerprint density at radius 3 is 2.50 bits per heavy atom. The number of rotatable bonds is 8. The van der Waals surface area contributed by atoms with E-state index in [4.69, 9.17) is 5.73 Å². The number of halogens is 3. The first-order chi connectivity index (χ1) is 16.0.